The number of piperidine rings is 1. The van der Waals surface area contributed by atoms with Gasteiger partial charge in [0.25, 0.3) is 0 Å². The molecule has 0 unspecified atom stereocenters. The van der Waals surface area contributed by atoms with Crippen molar-refractivity contribution in [1.29, 1.82) is 0 Å². The van der Waals surface area contributed by atoms with E-state index < -0.39 is 6.10 Å². The number of fused-ring (bicyclic) bond motifs is 2. The first kappa shape index (κ1) is 22.4. The van der Waals surface area contributed by atoms with E-state index in [9.17, 15) is 5.11 Å². The van der Waals surface area contributed by atoms with E-state index in [0.717, 1.165) is 77.7 Å². The van der Waals surface area contributed by atoms with E-state index in [4.69, 9.17) is 4.74 Å². The van der Waals surface area contributed by atoms with Gasteiger partial charge in [0.2, 0.25) is 0 Å². The van der Waals surface area contributed by atoms with E-state index in [1.54, 1.807) is 13.3 Å². The fraction of sp³-hybridized carbons (Fsp3) is 0.440. The second kappa shape index (κ2) is 10.3. The van der Waals surface area contributed by atoms with Gasteiger partial charge in [0.15, 0.2) is 0 Å². The first-order chi connectivity index (χ1) is 16.2. The Balaban J connectivity index is 1.14. The van der Waals surface area contributed by atoms with Crippen LogP contribution in [0.1, 0.15) is 30.1 Å². The van der Waals surface area contributed by atoms with Gasteiger partial charge in [-0.05, 0) is 55.3 Å². The molecule has 3 aromatic rings. The molecule has 1 atom stereocenters. The average molecular weight is 466 g/mol. The molecule has 2 aromatic heterocycles. The highest BCUT2D eigenvalue weighted by molar-refractivity contribution is 7.99. The van der Waals surface area contributed by atoms with Gasteiger partial charge in [0.05, 0.1) is 18.9 Å². The van der Waals surface area contributed by atoms with Crippen LogP contribution >= 0.6 is 11.8 Å². The van der Waals surface area contributed by atoms with E-state index in [1.165, 1.54) is 5.56 Å². The number of ether oxygens (including phenoxy) is 1. The molecule has 0 bridgehead atoms. The van der Waals surface area contributed by atoms with Crippen LogP contribution in [-0.4, -0.2) is 65.1 Å². The molecule has 4 heterocycles. The number of thioether (sulfide) groups is 1. The SMILES string of the molecule is COc1cccc2c([C@@H](O)CN3CCC(NCc4cnc5c(c4)NCCS5)CC3)ccnc12. The number of methoxy groups -OCH3 is 1. The van der Waals surface area contributed by atoms with Gasteiger partial charge in [-0.25, -0.2) is 4.98 Å². The average Bonchev–Trinajstić information content (AvgIpc) is 2.87. The Bertz CT molecular complexity index is 1100. The number of hydrogen-bond acceptors (Lipinski definition) is 8. The first-order valence-corrected chi connectivity index (χ1v) is 12.6. The number of β-amino-alcohol motifs (C(OH)–C–C–N with tert-alkyl or cyclic N) is 1. The molecule has 0 saturated carbocycles. The number of aliphatic hydroxyl groups is 1. The lowest BCUT2D eigenvalue weighted by Crippen LogP contribution is -2.43. The number of anilines is 1. The van der Waals surface area contributed by atoms with E-state index in [-0.39, 0.29) is 0 Å². The Morgan fingerprint density at radius 1 is 1.27 bits per heavy atom. The van der Waals surface area contributed by atoms with E-state index in [0.29, 0.717) is 12.6 Å². The molecular formula is C25H31N5O2S. The quantitative estimate of drug-likeness (QED) is 0.490. The number of nitrogens with zero attached hydrogens (tertiary/aromatic N) is 3. The molecule has 2 aliphatic rings. The van der Waals surface area contributed by atoms with Crippen molar-refractivity contribution in [3.05, 3.63) is 53.9 Å². The monoisotopic (exact) mass is 465 g/mol. The minimum atomic E-state index is -0.556. The van der Waals surface area contributed by atoms with Crippen molar-refractivity contribution in [2.45, 2.75) is 36.6 Å². The summed E-state index contributed by atoms with van der Waals surface area (Å²) in [5.74, 6) is 1.81. The topological polar surface area (TPSA) is 82.5 Å². The van der Waals surface area contributed by atoms with Crippen LogP contribution in [0.4, 0.5) is 5.69 Å². The van der Waals surface area contributed by atoms with Crippen LogP contribution in [-0.2, 0) is 6.54 Å². The van der Waals surface area contributed by atoms with Gasteiger partial charge in [-0.3, -0.25) is 4.98 Å². The molecule has 1 aromatic carbocycles. The van der Waals surface area contributed by atoms with Crippen LogP contribution in [0.5, 0.6) is 5.75 Å². The minimum absolute atomic E-state index is 0.489. The van der Waals surface area contributed by atoms with Gasteiger partial charge in [-0.2, -0.15) is 0 Å². The third-order valence-corrected chi connectivity index (χ3v) is 7.53. The van der Waals surface area contributed by atoms with Gasteiger partial charge in [0, 0.05) is 49.2 Å². The third-order valence-electron chi connectivity index (χ3n) is 6.52. The van der Waals surface area contributed by atoms with Crippen molar-refractivity contribution >= 4 is 28.4 Å². The summed E-state index contributed by atoms with van der Waals surface area (Å²) in [6.45, 7) is 4.42. The van der Waals surface area contributed by atoms with Crippen LogP contribution in [0, 0.1) is 0 Å². The first-order valence-electron chi connectivity index (χ1n) is 11.6. The number of pyridine rings is 2. The molecule has 0 amide bonds. The highest BCUT2D eigenvalue weighted by Gasteiger charge is 2.23. The lowest BCUT2D eigenvalue weighted by molar-refractivity contribution is 0.0949. The Morgan fingerprint density at radius 3 is 3.00 bits per heavy atom. The Kier molecular flexibility index (Phi) is 6.96. The molecule has 2 aliphatic heterocycles. The summed E-state index contributed by atoms with van der Waals surface area (Å²) >= 11 is 1.82. The largest absolute Gasteiger partial charge is 0.494 e. The molecule has 0 spiro atoms. The maximum Gasteiger partial charge on any atom is 0.145 e. The van der Waals surface area contributed by atoms with Crippen molar-refractivity contribution in [2.24, 2.45) is 0 Å². The second-order valence-electron chi connectivity index (χ2n) is 8.70. The van der Waals surface area contributed by atoms with Crippen LogP contribution in [0.2, 0.25) is 0 Å². The van der Waals surface area contributed by atoms with Gasteiger partial charge in [-0.1, -0.05) is 12.1 Å². The zero-order chi connectivity index (χ0) is 22.6. The van der Waals surface area contributed by atoms with Gasteiger partial charge in [0.1, 0.15) is 16.3 Å². The number of benzene rings is 1. The fourth-order valence-electron chi connectivity index (χ4n) is 4.72. The Hall–Kier alpha value is -2.39. The molecule has 7 nitrogen and oxygen atoms in total. The van der Waals surface area contributed by atoms with E-state index >= 15 is 0 Å². The second-order valence-corrected chi connectivity index (χ2v) is 9.78. The summed E-state index contributed by atoms with van der Waals surface area (Å²) < 4.78 is 5.44. The van der Waals surface area contributed by atoms with Crippen molar-refractivity contribution in [3.8, 4) is 5.75 Å². The number of aromatic nitrogens is 2. The molecule has 1 fully saturated rings. The highest BCUT2D eigenvalue weighted by atomic mass is 32.2. The molecule has 3 N–H and O–H groups in total. The Labute approximate surface area is 199 Å². The van der Waals surface area contributed by atoms with Gasteiger partial charge >= 0.3 is 0 Å². The summed E-state index contributed by atoms with van der Waals surface area (Å²) in [6.07, 6.45) is 5.34. The lowest BCUT2D eigenvalue weighted by Gasteiger charge is -2.34. The maximum absolute atomic E-state index is 11.0. The third kappa shape index (κ3) is 5.09. The standard InChI is InChI=1S/C25H31N5O2S/c1-32-23-4-2-3-20-19(5-8-27-24(20)23)22(31)16-30-10-6-18(7-11-30)28-14-17-13-21-25(29-15-17)33-12-9-26-21/h2-5,8,13,15,18,22,26,28,31H,6-7,9-12,14,16H2,1H3/t22-/m0/s1. The van der Waals surface area contributed by atoms with Crippen LogP contribution in [0.3, 0.4) is 0 Å². The van der Waals surface area contributed by atoms with E-state index in [2.05, 4.69) is 31.6 Å². The number of nitrogens with one attached hydrogen (secondary N) is 2. The van der Waals surface area contributed by atoms with Gasteiger partial charge in [-0.15, -0.1) is 11.8 Å². The number of likely N-dealkylation sites (tertiary alicyclic amines) is 1. The van der Waals surface area contributed by atoms with Crippen molar-refractivity contribution < 1.29 is 9.84 Å². The van der Waals surface area contributed by atoms with Crippen molar-refractivity contribution in [2.75, 3.05) is 44.4 Å². The molecule has 0 radical (unpaired) electrons. The fourth-order valence-corrected chi connectivity index (χ4v) is 5.53. The number of aliphatic hydroxyl groups excluding tert-OH is 1. The van der Waals surface area contributed by atoms with Crippen LogP contribution in [0.25, 0.3) is 10.9 Å². The normalized spacial score (nSPS) is 18.0. The highest BCUT2D eigenvalue weighted by Crippen LogP contribution is 2.30. The summed E-state index contributed by atoms with van der Waals surface area (Å²) in [7, 11) is 1.65. The molecule has 174 valence electrons. The summed E-state index contributed by atoms with van der Waals surface area (Å²) in [5.41, 5.74) is 4.09. The number of hydrogen-bond donors (Lipinski definition) is 3. The van der Waals surface area contributed by atoms with E-state index in [1.807, 2.05) is 42.2 Å². The zero-order valence-corrected chi connectivity index (χ0v) is 19.8. The number of rotatable bonds is 7. The summed E-state index contributed by atoms with van der Waals surface area (Å²) in [6, 6.07) is 10.5. The lowest BCUT2D eigenvalue weighted by atomic mass is 10.0. The van der Waals surface area contributed by atoms with Crippen LogP contribution in [0.15, 0.2) is 47.8 Å². The van der Waals surface area contributed by atoms with Gasteiger partial charge < -0.3 is 25.4 Å². The molecule has 8 heteroatoms. The summed E-state index contributed by atoms with van der Waals surface area (Å²) in [5, 5.41) is 20.2. The predicted molar refractivity (Wildman–Crippen MR) is 133 cm³/mol. The molecule has 1 saturated heterocycles. The zero-order valence-electron chi connectivity index (χ0n) is 19.0. The Morgan fingerprint density at radius 2 is 2.15 bits per heavy atom. The van der Waals surface area contributed by atoms with Crippen molar-refractivity contribution in [1.82, 2.24) is 20.2 Å². The van der Waals surface area contributed by atoms with Crippen LogP contribution < -0.4 is 15.4 Å². The smallest absolute Gasteiger partial charge is 0.145 e. The maximum atomic E-state index is 11.0. The number of para-hydroxylation sites is 1. The minimum Gasteiger partial charge on any atom is -0.494 e. The molecule has 5 rings (SSSR count). The molecule has 0 aliphatic carbocycles. The summed E-state index contributed by atoms with van der Waals surface area (Å²) in [4.78, 5) is 11.4. The molecule has 33 heavy (non-hydrogen) atoms. The molecular weight excluding hydrogens is 434 g/mol. The van der Waals surface area contributed by atoms with Crippen molar-refractivity contribution in [3.63, 3.8) is 0 Å². The predicted octanol–water partition coefficient (Wildman–Crippen LogP) is 3.44.